The zero-order valence-corrected chi connectivity index (χ0v) is 12.4. The first kappa shape index (κ1) is 16.7. The quantitative estimate of drug-likeness (QED) is 0.762. The van der Waals surface area contributed by atoms with Gasteiger partial charge in [0.15, 0.2) is 0 Å². The molecular formula is C15H20N2O4. The molecule has 0 aliphatic rings. The second-order valence-corrected chi connectivity index (χ2v) is 5.04. The third kappa shape index (κ3) is 5.25. The lowest BCUT2D eigenvalue weighted by atomic mass is 10.1. The molecule has 0 aromatic heterocycles. The molecule has 0 aliphatic carbocycles. The van der Waals surface area contributed by atoms with E-state index in [1.165, 1.54) is 7.11 Å². The Balaban J connectivity index is 2.37. The molecule has 0 saturated carbocycles. The van der Waals surface area contributed by atoms with Gasteiger partial charge in [-0.1, -0.05) is 18.2 Å². The molecule has 0 saturated heterocycles. The average molecular weight is 292 g/mol. The first-order chi connectivity index (χ1) is 9.86. The second kappa shape index (κ2) is 7.42. The monoisotopic (exact) mass is 292 g/mol. The fraction of sp³-hybridized carbons (Fsp3) is 0.400. The number of amides is 2. The van der Waals surface area contributed by atoms with Crippen molar-refractivity contribution in [3.63, 3.8) is 0 Å². The molecule has 1 rings (SSSR count). The lowest BCUT2D eigenvalue weighted by molar-refractivity contribution is -0.149. The summed E-state index contributed by atoms with van der Waals surface area (Å²) in [5, 5.41) is 5.20. The van der Waals surface area contributed by atoms with Crippen molar-refractivity contribution in [1.29, 1.82) is 0 Å². The van der Waals surface area contributed by atoms with Crippen LogP contribution in [-0.4, -0.2) is 37.0 Å². The van der Waals surface area contributed by atoms with Crippen LogP contribution in [0.1, 0.15) is 30.6 Å². The maximum atomic E-state index is 11.7. The van der Waals surface area contributed by atoms with Gasteiger partial charge in [-0.25, -0.2) is 4.79 Å². The van der Waals surface area contributed by atoms with E-state index in [1.54, 1.807) is 38.1 Å². The van der Waals surface area contributed by atoms with Crippen LogP contribution >= 0.6 is 0 Å². The lowest BCUT2D eigenvalue weighted by Gasteiger charge is -2.23. The molecule has 0 unspecified atom stereocenters. The largest absolute Gasteiger partial charge is 0.467 e. The Morgan fingerprint density at radius 2 is 1.76 bits per heavy atom. The van der Waals surface area contributed by atoms with Gasteiger partial charge < -0.3 is 15.4 Å². The highest BCUT2D eigenvalue weighted by molar-refractivity contribution is 5.94. The van der Waals surface area contributed by atoms with Gasteiger partial charge in [-0.3, -0.25) is 9.59 Å². The molecule has 21 heavy (non-hydrogen) atoms. The third-order valence-corrected chi connectivity index (χ3v) is 2.82. The topological polar surface area (TPSA) is 84.5 Å². The van der Waals surface area contributed by atoms with Gasteiger partial charge in [0, 0.05) is 18.5 Å². The Kier molecular flexibility index (Phi) is 5.90. The SMILES string of the molecule is COC(=O)C(C)(C)NC(=O)CCNC(=O)c1ccccc1. The molecule has 6 nitrogen and oxygen atoms in total. The summed E-state index contributed by atoms with van der Waals surface area (Å²) in [5.41, 5.74) is -0.553. The van der Waals surface area contributed by atoms with Crippen LogP contribution in [0.4, 0.5) is 0 Å². The maximum Gasteiger partial charge on any atom is 0.330 e. The van der Waals surface area contributed by atoms with Crippen LogP contribution in [0, 0.1) is 0 Å². The van der Waals surface area contributed by atoms with Crippen molar-refractivity contribution in [2.24, 2.45) is 0 Å². The first-order valence-corrected chi connectivity index (χ1v) is 6.59. The minimum atomic E-state index is -1.09. The number of ether oxygens (including phenoxy) is 1. The van der Waals surface area contributed by atoms with Crippen LogP contribution in [0.15, 0.2) is 30.3 Å². The standard InChI is InChI=1S/C15H20N2O4/c1-15(2,14(20)21-3)17-12(18)9-10-16-13(19)11-7-5-4-6-8-11/h4-8H,9-10H2,1-3H3,(H,16,19)(H,17,18). The molecule has 0 heterocycles. The average Bonchev–Trinajstić information content (AvgIpc) is 2.46. The summed E-state index contributed by atoms with van der Waals surface area (Å²) >= 11 is 0. The molecule has 1 aromatic carbocycles. The number of benzene rings is 1. The summed E-state index contributed by atoms with van der Waals surface area (Å²) in [7, 11) is 1.26. The lowest BCUT2D eigenvalue weighted by Crippen LogP contribution is -2.50. The van der Waals surface area contributed by atoms with Crippen LogP contribution in [0.2, 0.25) is 0 Å². The Morgan fingerprint density at radius 3 is 2.33 bits per heavy atom. The van der Waals surface area contributed by atoms with E-state index in [0.717, 1.165) is 0 Å². The molecule has 0 fully saturated rings. The van der Waals surface area contributed by atoms with Crippen molar-refractivity contribution < 1.29 is 19.1 Å². The number of nitrogens with one attached hydrogen (secondary N) is 2. The van der Waals surface area contributed by atoms with Gasteiger partial charge in [-0.2, -0.15) is 0 Å². The van der Waals surface area contributed by atoms with E-state index >= 15 is 0 Å². The molecule has 0 radical (unpaired) electrons. The predicted molar refractivity (Wildman–Crippen MR) is 77.6 cm³/mol. The van der Waals surface area contributed by atoms with Gasteiger partial charge in [0.1, 0.15) is 5.54 Å². The summed E-state index contributed by atoms with van der Waals surface area (Å²) in [6.45, 7) is 3.30. The molecular weight excluding hydrogens is 272 g/mol. The Morgan fingerprint density at radius 1 is 1.14 bits per heavy atom. The van der Waals surface area contributed by atoms with Crippen LogP contribution in [0.3, 0.4) is 0 Å². The smallest absolute Gasteiger partial charge is 0.330 e. The van der Waals surface area contributed by atoms with Gasteiger partial charge in [0.2, 0.25) is 5.91 Å². The minimum absolute atomic E-state index is 0.0823. The van der Waals surface area contributed by atoms with Gasteiger partial charge in [0.25, 0.3) is 5.91 Å². The van der Waals surface area contributed by atoms with E-state index in [4.69, 9.17) is 0 Å². The summed E-state index contributed by atoms with van der Waals surface area (Å²) in [4.78, 5) is 34.9. The van der Waals surface area contributed by atoms with Crippen LogP contribution in [-0.2, 0) is 14.3 Å². The predicted octanol–water partition coefficient (Wildman–Crippen LogP) is 0.874. The molecule has 0 atom stereocenters. The molecule has 0 aliphatic heterocycles. The minimum Gasteiger partial charge on any atom is -0.467 e. The number of carbonyl (C=O) groups is 3. The van der Waals surface area contributed by atoms with Gasteiger partial charge in [-0.15, -0.1) is 0 Å². The number of rotatable bonds is 6. The molecule has 1 aromatic rings. The first-order valence-electron chi connectivity index (χ1n) is 6.59. The summed E-state index contributed by atoms with van der Waals surface area (Å²) in [5.74, 6) is -1.10. The second-order valence-electron chi connectivity index (χ2n) is 5.04. The Bertz CT molecular complexity index is 512. The molecule has 6 heteroatoms. The number of hydrogen-bond acceptors (Lipinski definition) is 4. The van der Waals surface area contributed by atoms with Crippen molar-refractivity contribution in [2.45, 2.75) is 25.8 Å². The van der Waals surface area contributed by atoms with Crippen molar-refractivity contribution >= 4 is 17.8 Å². The number of methoxy groups -OCH3 is 1. The number of hydrogen-bond donors (Lipinski definition) is 2. The normalized spacial score (nSPS) is 10.6. The maximum absolute atomic E-state index is 11.7. The van der Waals surface area contributed by atoms with E-state index in [2.05, 4.69) is 15.4 Å². The van der Waals surface area contributed by atoms with Crippen LogP contribution in [0.25, 0.3) is 0 Å². The summed E-state index contributed by atoms with van der Waals surface area (Å²) < 4.78 is 4.59. The van der Waals surface area contributed by atoms with E-state index in [-0.39, 0.29) is 24.8 Å². The molecule has 0 spiro atoms. The zero-order chi connectivity index (χ0) is 15.9. The molecule has 114 valence electrons. The molecule has 2 N–H and O–H groups in total. The van der Waals surface area contributed by atoms with Crippen molar-refractivity contribution in [1.82, 2.24) is 10.6 Å². The van der Waals surface area contributed by atoms with Gasteiger partial charge in [0.05, 0.1) is 7.11 Å². The highest BCUT2D eigenvalue weighted by atomic mass is 16.5. The highest BCUT2D eigenvalue weighted by Crippen LogP contribution is 2.04. The van der Waals surface area contributed by atoms with Crippen LogP contribution in [0.5, 0.6) is 0 Å². The van der Waals surface area contributed by atoms with Crippen molar-refractivity contribution in [2.75, 3.05) is 13.7 Å². The molecule has 0 bridgehead atoms. The number of esters is 1. The highest BCUT2D eigenvalue weighted by Gasteiger charge is 2.30. The Hall–Kier alpha value is -2.37. The van der Waals surface area contributed by atoms with Gasteiger partial charge >= 0.3 is 5.97 Å². The van der Waals surface area contributed by atoms with E-state index in [0.29, 0.717) is 5.56 Å². The fourth-order valence-electron chi connectivity index (χ4n) is 1.70. The third-order valence-electron chi connectivity index (χ3n) is 2.82. The zero-order valence-electron chi connectivity index (χ0n) is 12.4. The van der Waals surface area contributed by atoms with E-state index in [1.807, 2.05) is 6.07 Å². The summed E-state index contributed by atoms with van der Waals surface area (Å²) in [6.07, 6.45) is 0.0823. The van der Waals surface area contributed by atoms with Crippen LogP contribution < -0.4 is 10.6 Å². The van der Waals surface area contributed by atoms with E-state index < -0.39 is 11.5 Å². The summed E-state index contributed by atoms with van der Waals surface area (Å²) in [6, 6.07) is 8.73. The van der Waals surface area contributed by atoms with E-state index in [9.17, 15) is 14.4 Å². The Labute approximate surface area is 123 Å². The fourth-order valence-corrected chi connectivity index (χ4v) is 1.70. The van der Waals surface area contributed by atoms with Crippen molar-refractivity contribution in [3.8, 4) is 0 Å². The van der Waals surface area contributed by atoms with Gasteiger partial charge in [-0.05, 0) is 26.0 Å². The van der Waals surface area contributed by atoms with Crippen molar-refractivity contribution in [3.05, 3.63) is 35.9 Å². The molecule has 2 amide bonds. The number of carbonyl (C=O) groups excluding carboxylic acids is 3.